The Bertz CT molecular complexity index is 1290. The zero-order chi connectivity index (χ0) is 25.7. The number of aromatic nitrogens is 1. The normalized spacial score (nSPS) is 18.9. The maximum absolute atomic E-state index is 13.3. The first-order chi connectivity index (χ1) is 17.3. The molecule has 0 saturated heterocycles. The molecular weight excluding hydrogens is 465 g/mol. The summed E-state index contributed by atoms with van der Waals surface area (Å²) < 4.78 is 19.1. The molecule has 10 heteroatoms. The molecule has 1 aromatic carbocycles. The van der Waals surface area contributed by atoms with Crippen LogP contribution < -0.4 is 20.7 Å². The molecule has 1 aromatic heterocycles. The lowest BCUT2D eigenvalue weighted by atomic mass is 9.81. The number of benzene rings is 1. The monoisotopic (exact) mass is 491 g/mol. The summed E-state index contributed by atoms with van der Waals surface area (Å²) in [5.41, 5.74) is 6.67. The van der Waals surface area contributed by atoms with Gasteiger partial charge in [-0.15, -0.1) is 0 Å². The number of halogens is 1. The molecule has 0 radical (unpaired) electrons. The fourth-order valence-corrected chi connectivity index (χ4v) is 3.74. The largest absolute Gasteiger partial charge is 0.489 e. The number of carbonyl (C=O) groups is 2. The first kappa shape index (κ1) is 24.9. The molecule has 3 amide bonds. The van der Waals surface area contributed by atoms with Gasteiger partial charge in [-0.25, -0.2) is 14.8 Å². The van der Waals surface area contributed by atoms with Crippen molar-refractivity contribution in [3.8, 4) is 17.6 Å². The van der Waals surface area contributed by atoms with Gasteiger partial charge in [-0.3, -0.25) is 4.79 Å². The van der Waals surface area contributed by atoms with Crippen LogP contribution in [0.3, 0.4) is 0 Å². The second kappa shape index (κ2) is 10.6. The Hall–Kier alpha value is -4.23. The zero-order valence-corrected chi connectivity index (χ0v) is 19.7. The van der Waals surface area contributed by atoms with Crippen molar-refractivity contribution in [2.45, 2.75) is 37.3 Å². The van der Waals surface area contributed by atoms with E-state index in [0.717, 1.165) is 6.42 Å². The molecule has 0 spiro atoms. The number of anilines is 1. The van der Waals surface area contributed by atoms with E-state index < -0.39 is 29.5 Å². The van der Waals surface area contributed by atoms with E-state index in [2.05, 4.69) is 27.1 Å². The Morgan fingerprint density at radius 3 is 2.92 bits per heavy atom. The van der Waals surface area contributed by atoms with Crippen LogP contribution in [-0.4, -0.2) is 53.5 Å². The van der Waals surface area contributed by atoms with E-state index in [9.17, 15) is 19.1 Å². The fourth-order valence-electron chi connectivity index (χ4n) is 3.74. The maximum atomic E-state index is 13.3. The molecule has 0 bridgehead atoms. The standard InChI is InChI=1S/C26H26FN5O4/c1-32-21-13-17(8-11-26(35)9-3-10-26)6-7-22(21)36-16-20(24(32)33)31-25(34)29-15-18(14-28)12-19-4-2-5-23(27)30-19/h2,4-7,13-15,20,35H,3,9-10,12,16,28H2,1H3,(H,31,34)/b18-14-,29-15+. The van der Waals surface area contributed by atoms with Gasteiger partial charge in [0.15, 0.2) is 0 Å². The van der Waals surface area contributed by atoms with E-state index in [1.807, 2.05) is 0 Å². The summed E-state index contributed by atoms with van der Waals surface area (Å²) in [6.07, 6.45) is 4.92. The minimum atomic E-state index is -0.979. The van der Waals surface area contributed by atoms with Crippen LogP contribution in [-0.2, 0) is 11.2 Å². The molecule has 1 unspecified atom stereocenters. The molecule has 9 nitrogen and oxygen atoms in total. The number of amides is 3. The summed E-state index contributed by atoms with van der Waals surface area (Å²) >= 11 is 0. The van der Waals surface area contributed by atoms with E-state index in [1.54, 1.807) is 31.3 Å². The Morgan fingerprint density at radius 1 is 1.42 bits per heavy atom. The molecule has 36 heavy (non-hydrogen) atoms. The van der Waals surface area contributed by atoms with Crippen LogP contribution in [0, 0.1) is 17.8 Å². The molecular formula is C26H26FN5O4. The minimum Gasteiger partial charge on any atom is -0.489 e. The van der Waals surface area contributed by atoms with E-state index in [1.165, 1.54) is 29.4 Å². The topological polar surface area (TPSA) is 130 Å². The van der Waals surface area contributed by atoms with Crippen molar-refractivity contribution >= 4 is 23.8 Å². The maximum Gasteiger partial charge on any atom is 0.341 e. The Kier molecular flexibility index (Phi) is 7.31. The third-order valence-electron chi connectivity index (χ3n) is 5.99. The smallest absolute Gasteiger partial charge is 0.341 e. The third-order valence-corrected chi connectivity index (χ3v) is 5.99. The summed E-state index contributed by atoms with van der Waals surface area (Å²) in [5.74, 6) is 5.32. The number of aliphatic hydroxyl groups is 1. The van der Waals surface area contributed by atoms with Gasteiger partial charge in [0.05, 0.1) is 5.69 Å². The molecule has 2 aliphatic rings. The van der Waals surface area contributed by atoms with Crippen molar-refractivity contribution in [3.63, 3.8) is 0 Å². The van der Waals surface area contributed by atoms with Crippen LogP contribution in [0.4, 0.5) is 14.9 Å². The van der Waals surface area contributed by atoms with Crippen molar-refractivity contribution in [1.29, 1.82) is 0 Å². The number of allylic oxidation sites excluding steroid dienone is 1. The van der Waals surface area contributed by atoms with Crippen molar-refractivity contribution in [1.82, 2.24) is 10.3 Å². The molecule has 1 fully saturated rings. The predicted octanol–water partition coefficient (Wildman–Crippen LogP) is 2.08. The number of ether oxygens (including phenoxy) is 1. The van der Waals surface area contributed by atoms with Crippen LogP contribution in [0.15, 0.2) is 53.2 Å². The number of nitrogens with zero attached hydrogens (tertiary/aromatic N) is 3. The van der Waals surface area contributed by atoms with Crippen molar-refractivity contribution < 1.29 is 23.8 Å². The highest BCUT2D eigenvalue weighted by atomic mass is 19.1. The lowest BCUT2D eigenvalue weighted by Crippen LogP contribution is -2.48. The lowest BCUT2D eigenvalue weighted by molar-refractivity contribution is -0.120. The number of urea groups is 1. The quantitative estimate of drug-likeness (QED) is 0.341. The van der Waals surface area contributed by atoms with E-state index in [-0.39, 0.29) is 13.0 Å². The van der Waals surface area contributed by atoms with Crippen LogP contribution in [0.2, 0.25) is 0 Å². The second-order valence-electron chi connectivity index (χ2n) is 8.66. The first-order valence-electron chi connectivity index (χ1n) is 11.4. The highest BCUT2D eigenvalue weighted by Gasteiger charge is 2.32. The minimum absolute atomic E-state index is 0.0883. The van der Waals surface area contributed by atoms with Gasteiger partial charge in [0, 0.05) is 30.9 Å². The molecule has 1 aliphatic heterocycles. The summed E-state index contributed by atoms with van der Waals surface area (Å²) in [7, 11) is 1.58. The van der Waals surface area contributed by atoms with Crippen molar-refractivity contribution in [2.24, 2.45) is 10.7 Å². The highest BCUT2D eigenvalue weighted by molar-refractivity contribution is 6.01. The summed E-state index contributed by atoms with van der Waals surface area (Å²) in [4.78, 5) is 34.4. The number of nitrogens with one attached hydrogen (secondary N) is 1. The number of pyridine rings is 1. The number of aliphatic imine (C=N–C) groups is 1. The van der Waals surface area contributed by atoms with Gasteiger partial charge in [-0.1, -0.05) is 17.9 Å². The highest BCUT2D eigenvalue weighted by Crippen LogP contribution is 2.33. The molecule has 2 heterocycles. The van der Waals surface area contributed by atoms with Gasteiger partial charge in [-0.05, 0) is 61.4 Å². The van der Waals surface area contributed by atoms with Crippen LogP contribution in [0.1, 0.15) is 30.5 Å². The summed E-state index contributed by atoms with van der Waals surface area (Å²) in [5, 5.41) is 12.7. The van der Waals surface area contributed by atoms with E-state index in [0.29, 0.717) is 41.1 Å². The van der Waals surface area contributed by atoms with Gasteiger partial charge >= 0.3 is 6.03 Å². The average molecular weight is 492 g/mol. The van der Waals surface area contributed by atoms with Crippen LogP contribution in [0.25, 0.3) is 0 Å². The molecule has 1 saturated carbocycles. The number of hydrogen-bond donors (Lipinski definition) is 3. The molecule has 186 valence electrons. The first-order valence-corrected chi connectivity index (χ1v) is 11.4. The van der Waals surface area contributed by atoms with Gasteiger partial charge in [-0.2, -0.15) is 4.39 Å². The van der Waals surface area contributed by atoms with Gasteiger partial charge < -0.3 is 25.8 Å². The number of rotatable bonds is 4. The molecule has 2 aromatic rings. The van der Waals surface area contributed by atoms with Crippen molar-refractivity contribution in [3.05, 3.63) is 65.4 Å². The Balaban J connectivity index is 1.40. The molecule has 1 aliphatic carbocycles. The number of nitrogens with two attached hydrogens (primary N) is 1. The summed E-state index contributed by atoms with van der Waals surface area (Å²) in [6.45, 7) is -0.0883. The van der Waals surface area contributed by atoms with Crippen LogP contribution in [0.5, 0.6) is 5.75 Å². The number of fused-ring (bicyclic) bond motifs is 1. The number of hydrogen-bond acceptors (Lipinski definition) is 6. The van der Waals surface area contributed by atoms with Gasteiger partial charge in [0.2, 0.25) is 5.95 Å². The Labute approximate surface area is 207 Å². The Morgan fingerprint density at radius 2 is 2.22 bits per heavy atom. The van der Waals surface area contributed by atoms with E-state index in [4.69, 9.17) is 10.5 Å². The third kappa shape index (κ3) is 5.87. The SMILES string of the molecule is CN1C(=O)C(NC(=O)/N=C/C(=C\N)Cc2cccc(F)n2)COc2ccc(C#CC3(O)CCC3)cc21. The number of carbonyl (C=O) groups excluding carboxylic acids is 2. The summed E-state index contributed by atoms with van der Waals surface area (Å²) in [6, 6.07) is 7.81. The molecule has 4 rings (SSSR count). The fraction of sp³-hybridized carbons (Fsp3) is 0.308. The zero-order valence-electron chi connectivity index (χ0n) is 19.7. The van der Waals surface area contributed by atoms with Crippen LogP contribution >= 0.6 is 0 Å². The van der Waals surface area contributed by atoms with E-state index >= 15 is 0 Å². The van der Waals surface area contributed by atoms with Crippen molar-refractivity contribution in [2.75, 3.05) is 18.6 Å². The predicted molar refractivity (Wildman–Crippen MR) is 132 cm³/mol. The lowest BCUT2D eigenvalue weighted by Gasteiger charge is -2.30. The molecule has 4 N–H and O–H groups in total. The second-order valence-corrected chi connectivity index (χ2v) is 8.66. The average Bonchev–Trinajstić information content (AvgIpc) is 2.96. The van der Waals surface area contributed by atoms with Gasteiger partial charge in [0.25, 0.3) is 5.91 Å². The van der Waals surface area contributed by atoms with Gasteiger partial charge in [0.1, 0.15) is 24.0 Å². The molecule has 1 atom stereocenters. The number of likely N-dealkylation sites (N-methyl/N-ethyl adjacent to an activating group) is 1.